The number of aromatic nitrogens is 4. The van der Waals surface area contributed by atoms with Crippen molar-refractivity contribution in [1.29, 1.82) is 0 Å². The zero-order valence-electron chi connectivity index (χ0n) is 17.3. The summed E-state index contributed by atoms with van der Waals surface area (Å²) < 4.78 is 3.88. The second-order valence-corrected chi connectivity index (χ2v) is 7.45. The van der Waals surface area contributed by atoms with Crippen LogP contribution >= 0.6 is 0 Å². The number of rotatable bonds is 6. The molecule has 4 aromatic rings. The molecule has 0 unspecified atom stereocenters. The molecule has 0 bridgehead atoms. The highest BCUT2D eigenvalue weighted by Crippen LogP contribution is 2.27. The highest BCUT2D eigenvalue weighted by molar-refractivity contribution is 5.56. The number of nitrogens with zero attached hydrogens (tertiary/aromatic N) is 6. The maximum absolute atomic E-state index is 4.89. The lowest BCUT2D eigenvalue weighted by molar-refractivity contribution is 0.817. The summed E-state index contributed by atoms with van der Waals surface area (Å²) in [5.41, 5.74) is 6.27. The van der Waals surface area contributed by atoms with Crippen LogP contribution in [0.4, 0.5) is 11.4 Å². The molecule has 0 aliphatic rings. The van der Waals surface area contributed by atoms with Gasteiger partial charge in [0.15, 0.2) is 0 Å². The lowest BCUT2D eigenvalue weighted by atomic mass is 10.2. The van der Waals surface area contributed by atoms with Crippen LogP contribution < -0.4 is 9.80 Å². The van der Waals surface area contributed by atoms with Gasteiger partial charge >= 0.3 is 0 Å². The molecule has 148 valence electrons. The van der Waals surface area contributed by atoms with Gasteiger partial charge in [0.05, 0.1) is 46.5 Å². The average Bonchev–Trinajstić information content (AvgIpc) is 3.34. The summed E-state index contributed by atoms with van der Waals surface area (Å²) in [4.78, 5) is 4.20. The summed E-state index contributed by atoms with van der Waals surface area (Å²) in [5.74, 6) is 0. The van der Waals surface area contributed by atoms with Crippen LogP contribution in [0.2, 0.25) is 0 Å². The number of hydrogen-bond acceptors (Lipinski definition) is 4. The van der Waals surface area contributed by atoms with Crippen molar-refractivity contribution in [2.45, 2.75) is 6.42 Å². The Hall–Kier alpha value is -3.54. The Bertz CT molecular complexity index is 990. The van der Waals surface area contributed by atoms with Gasteiger partial charge in [0, 0.05) is 34.6 Å². The summed E-state index contributed by atoms with van der Waals surface area (Å²) >= 11 is 0. The largest absolute Gasteiger partial charge is 0.375 e. The van der Waals surface area contributed by atoms with E-state index >= 15 is 0 Å². The molecule has 0 spiro atoms. The van der Waals surface area contributed by atoms with Gasteiger partial charge in [-0.05, 0) is 24.3 Å². The molecule has 2 aromatic heterocycles. The molecule has 0 radical (unpaired) electrons. The first-order valence-corrected chi connectivity index (χ1v) is 9.65. The summed E-state index contributed by atoms with van der Waals surface area (Å²) in [6.45, 7) is 0. The average molecular weight is 387 g/mol. The van der Waals surface area contributed by atoms with Crippen LogP contribution in [-0.2, 0) is 6.42 Å². The zero-order chi connectivity index (χ0) is 20.4. The molecule has 0 amide bonds. The first kappa shape index (κ1) is 18.8. The van der Waals surface area contributed by atoms with Crippen LogP contribution in [0.1, 0.15) is 11.4 Å². The Balaban J connectivity index is 1.74. The van der Waals surface area contributed by atoms with Crippen molar-refractivity contribution in [3.63, 3.8) is 0 Å². The van der Waals surface area contributed by atoms with Gasteiger partial charge in [0.2, 0.25) is 0 Å². The van der Waals surface area contributed by atoms with Crippen molar-refractivity contribution in [3.05, 3.63) is 84.4 Å². The van der Waals surface area contributed by atoms with Gasteiger partial charge in [-0.2, -0.15) is 10.2 Å². The lowest BCUT2D eigenvalue weighted by Crippen LogP contribution is -2.12. The van der Waals surface area contributed by atoms with Crippen molar-refractivity contribution >= 4 is 11.4 Å². The van der Waals surface area contributed by atoms with Gasteiger partial charge in [0.1, 0.15) is 0 Å². The molecule has 6 nitrogen and oxygen atoms in total. The Labute approximate surface area is 171 Å². The van der Waals surface area contributed by atoms with E-state index < -0.39 is 0 Å². The normalized spacial score (nSPS) is 10.9. The fourth-order valence-corrected chi connectivity index (χ4v) is 3.38. The van der Waals surface area contributed by atoms with Crippen LogP contribution in [-0.4, -0.2) is 47.8 Å². The standard InChI is InChI=1S/C23H26N6/c1-26(2)22-16-28(18-11-7-5-8-12-18)24-20(22)15-21-23(27(3)4)17-29(25-21)19-13-9-6-10-14-19/h5-14,16-17H,15H2,1-4H3. The minimum atomic E-state index is 0.653. The highest BCUT2D eigenvalue weighted by Gasteiger charge is 2.18. The van der Waals surface area contributed by atoms with Crippen LogP contribution in [0.3, 0.4) is 0 Å². The van der Waals surface area contributed by atoms with Crippen LogP contribution in [0, 0.1) is 0 Å². The van der Waals surface area contributed by atoms with Crippen LogP contribution in [0.25, 0.3) is 11.4 Å². The molecule has 29 heavy (non-hydrogen) atoms. The van der Waals surface area contributed by atoms with Crippen molar-refractivity contribution < 1.29 is 0 Å². The molecule has 2 heterocycles. The second-order valence-electron chi connectivity index (χ2n) is 7.45. The van der Waals surface area contributed by atoms with Crippen molar-refractivity contribution in [1.82, 2.24) is 19.6 Å². The molecular formula is C23H26N6. The number of anilines is 2. The van der Waals surface area contributed by atoms with Crippen molar-refractivity contribution in [3.8, 4) is 11.4 Å². The summed E-state index contributed by atoms with van der Waals surface area (Å²) in [5, 5.41) is 9.77. The van der Waals surface area contributed by atoms with E-state index in [1.165, 1.54) is 0 Å². The van der Waals surface area contributed by atoms with Crippen molar-refractivity contribution in [2.75, 3.05) is 38.0 Å². The van der Waals surface area contributed by atoms with E-state index in [1.807, 2.05) is 74.0 Å². The van der Waals surface area contributed by atoms with Crippen molar-refractivity contribution in [2.24, 2.45) is 0 Å². The Morgan fingerprint density at radius 3 is 1.34 bits per heavy atom. The molecule has 0 saturated heterocycles. The molecule has 0 atom stereocenters. The molecule has 4 rings (SSSR count). The minimum absolute atomic E-state index is 0.653. The molecule has 0 aliphatic heterocycles. The smallest absolute Gasteiger partial charge is 0.0923 e. The number of hydrogen-bond donors (Lipinski definition) is 0. The zero-order valence-corrected chi connectivity index (χ0v) is 17.3. The molecule has 0 N–H and O–H groups in total. The van der Waals surface area contributed by atoms with Gasteiger partial charge < -0.3 is 9.80 Å². The number of para-hydroxylation sites is 2. The molecule has 6 heteroatoms. The third-order valence-corrected chi connectivity index (χ3v) is 4.88. The predicted molar refractivity (Wildman–Crippen MR) is 119 cm³/mol. The maximum Gasteiger partial charge on any atom is 0.0923 e. The molecule has 0 fully saturated rings. The fourth-order valence-electron chi connectivity index (χ4n) is 3.38. The topological polar surface area (TPSA) is 42.1 Å². The minimum Gasteiger partial charge on any atom is -0.375 e. The molecule has 0 aliphatic carbocycles. The van der Waals surface area contributed by atoms with Gasteiger partial charge in [-0.1, -0.05) is 36.4 Å². The Kier molecular flexibility index (Phi) is 5.08. The van der Waals surface area contributed by atoms with E-state index in [4.69, 9.17) is 10.2 Å². The first-order chi connectivity index (χ1) is 14.0. The number of benzene rings is 2. The quantitative estimate of drug-likeness (QED) is 0.506. The Morgan fingerprint density at radius 1 is 0.621 bits per heavy atom. The third kappa shape index (κ3) is 3.87. The van der Waals surface area contributed by atoms with Gasteiger partial charge in [-0.15, -0.1) is 0 Å². The van der Waals surface area contributed by atoms with E-state index in [1.54, 1.807) is 0 Å². The summed E-state index contributed by atoms with van der Waals surface area (Å²) in [6, 6.07) is 20.4. The SMILES string of the molecule is CN(C)c1cn(-c2ccccc2)nc1Cc1nn(-c2ccccc2)cc1N(C)C. The molecular weight excluding hydrogens is 360 g/mol. The summed E-state index contributed by atoms with van der Waals surface area (Å²) in [6.07, 6.45) is 4.81. The monoisotopic (exact) mass is 386 g/mol. The molecule has 2 aromatic carbocycles. The van der Waals surface area contributed by atoms with Gasteiger partial charge in [-0.3, -0.25) is 0 Å². The van der Waals surface area contributed by atoms with E-state index in [0.717, 1.165) is 34.1 Å². The van der Waals surface area contributed by atoms with E-state index in [2.05, 4.69) is 46.5 Å². The van der Waals surface area contributed by atoms with E-state index in [9.17, 15) is 0 Å². The fraction of sp³-hybridized carbons (Fsp3) is 0.217. The van der Waals surface area contributed by atoms with E-state index in [0.29, 0.717) is 6.42 Å². The maximum atomic E-state index is 4.89. The predicted octanol–water partition coefficient (Wildman–Crippen LogP) is 3.78. The van der Waals surface area contributed by atoms with Gasteiger partial charge in [0.25, 0.3) is 0 Å². The lowest BCUT2D eigenvalue weighted by Gasteiger charge is -2.13. The van der Waals surface area contributed by atoms with Crippen LogP contribution in [0.5, 0.6) is 0 Å². The van der Waals surface area contributed by atoms with E-state index in [-0.39, 0.29) is 0 Å². The van der Waals surface area contributed by atoms with Gasteiger partial charge in [-0.25, -0.2) is 9.36 Å². The molecule has 0 saturated carbocycles. The first-order valence-electron chi connectivity index (χ1n) is 9.65. The third-order valence-electron chi connectivity index (χ3n) is 4.88. The van der Waals surface area contributed by atoms with Crippen LogP contribution in [0.15, 0.2) is 73.1 Å². The highest BCUT2D eigenvalue weighted by atomic mass is 15.3. The second kappa shape index (κ2) is 7.83. The summed E-state index contributed by atoms with van der Waals surface area (Å²) in [7, 11) is 8.19. The Morgan fingerprint density at radius 2 is 1.00 bits per heavy atom.